The van der Waals surface area contributed by atoms with E-state index in [1.165, 1.54) is 21.0 Å². The Morgan fingerprint density at radius 3 is 2.55 bits per heavy atom. The molecule has 3 heteroatoms. The van der Waals surface area contributed by atoms with Crippen LogP contribution in [0.15, 0.2) is 36.4 Å². The molecular weight excluding hydrogens is 264 g/mol. The fourth-order valence-electron chi connectivity index (χ4n) is 2.26. The van der Waals surface area contributed by atoms with Crippen LogP contribution >= 0.6 is 11.3 Å². The Morgan fingerprint density at radius 2 is 1.90 bits per heavy atom. The highest BCUT2D eigenvalue weighted by molar-refractivity contribution is 7.12. The molecule has 20 heavy (non-hydrogen) atoms. The largest absolute Gasteiger partial charge is 0.377 e. The van der Waals surface area contributed by atoms with Crippen LogP contribution in [0, 0.1) is 0 Å². The maximum atomic E-state index is 3.65. The monoisotopic (exact) mass is 288 g/mol. The van der Waals surface area contributed by atoms with E-state index in [0.717, 1.165) is 13.0 Å². The van der Waals surface area contributed by atoms with Crippen molar-refractivity contribution < 1.29 is 0 Å². The highest BCUT2D eigenvalue weighted by Gasteiger charge is 2.10. The number of para-hydroxylation sites is 1. The second-order valence-electron chi connectivity index (χ2n) is 5.42. The fourth-order valence-corrected chi connectivity index (χ4v) is 3.22. The average molecular weight is 288 g/mol. The van der Waals surface area contributed by atoms with Crippen LogP contribution in [0.5, 0.6) is 0 Å². The number of hydrogen-bond donors (Lipinski definition) is 1. The first-order valence-electron chi connectivity index (χ1n) is 7.18. The number of anilines is 1. The van der Waals surface area contributed by atoms with Crippen LogP contribution < -0.4 is 5.32 Å². The van der Waals surface area contributed by atoms with Gasteiger partial charge in [-0.2, -0.15) is 0 Å². The lowest BCUT2D eigenvalue weighted by molar-refractivity contribution is 0.403. The van der Waals surface area contributed by atoms with Crippen LogP contribution in [0.4, 0.5) is 5.69 Å². The minimum atomic E-state index is 0.351. The van der Waals surface area contributed by atoms with Crippen LogP contribution in [0.2, 0.25) is 0 Å². The van der Waals surface area contributed by atoms with Crippen LogP contribution in [-0.4, -0.2) is 19.0 Å². The van der Waals surface area contributed by atoms with Gasteiger partial charge in [0.1, 0.15) is 0 Å². The number of rotatable bonds is 6. The molecular formula is C17H24N2S. The summed E-state index contributed by atoms with van der Waals surface area (Å²) in [6.45, 7) is 5.40. The van der Waals surface area contributed by atoms with E-state index in [4.69, 9.17) is 0 Å². The molecule has 0 saturated heterocycles. The number of thiophene rings is 1. The molecule has 0 saturated carbocycles. The van der Waals surface area contributed by atoms with Gasteiger partial charge < -0.3 is 10.2 Å². The summed E-state index contributed by atoms with van der Waals surface area (Å²) in [6, 6.07) is 13.4. The first kappa shape index (κ1) is 15.1. The third kappa shape index (κ3) is 3.84. The molecule has 1 heterocycles. The van der Waals surface area contributed by atoms with Crippen LogP contribution in [0.1, 0.15) is 35.2 Å². The van der Waals surface area contributed by atoms with E-state index < -0.39 is 0 Å². The summed E-state index contributed by atoms with van der Waals surface area (Å²) >= 11 is 1.91. The molecule has 0 amide bonds. The molecule has 0 fully saturated rings. The smallest absolute Gasteiger partial charge is 0.0578 e. The van der Waals surface area contributed by atoms with Gasteiger partial charge in [0, 0.05) is 22.0 Å². The van der Waals surface area contributed by atoms with Gasteiger partial charge in [0.15, 0.2) is 0 Å². The van der Waals surface area contributed by atoms with Crippen molar-refractivity contribution >= 4 is 17.0 Å². The molecule has 2 rings (SSSR count). The molecule has 1 atom stereocenters. The molecule has 0 aliphatic rings. The Balaban J connectivity index is 2.12. The van der Waals surface area contributed by atoms with Crippen molar-refractivity contribution in [3.05, 3.63) is 51.7 Å². The standard InChI is InChI=1S/C17H24N2S/c1-5-15-10-11-17(20-15)13(2)18-16-9-7-6-8-14(16)12-19(3)4/h6-11,13,18H,5,12H2,1-4H3. The Labute approximate surface area is 126 Å². The van der Waals surface area contributed by atoms with E-state index in [1.807, 2.05) is 11.3 Å². The van der Waals surface area contributed by atoms with Crippen LogP contribution in [-0.2, 0) is 13.0 Å². The molecule has 1 N–H and O–H groups in total. The quantitative estimate of drug-likeness (QED) is 0.839. The summed E-state index contributed by atoms with van der Waals surface area (Å²) in [4.78, 5) is 5.06. The van der Waals surface area contributed by atoms with E-state index in [0.29, 0.717) is 6.04 Å². The summed E-state index contributed by atoms with van der Waals surface area (Å²) in [5.41, 5.74) is 2.58. The molecule has 0 radical (unpaired) electrons. The first-order valence-corrected chi connectivity index (χ1v) is 7.99. The molecule has 1 unspecified atom stereocenters. The Hall–Kier alpha value is -1.32. The molecule has 1 aromatic carbocycles. The van der Waals surface area contributed by atoms with Gasteiger partial charge in [-0.1, -0.05) is 25.1 Å². The second-order valence-corrected chi connectivity index (χ2v) is 6.62. The zero-order valence-corrected chi connectivity index (χ0v) is 13.6. The van der Waals surface area contributed by atoms with Gasteiger partial charge in [0.25, 0.3) is 0 Å². The van der Waals surface area contributed by atoms with Crippen molar-refractivity contribution in [3.63, 3.8) is 0 Å². The molecule has 0 aliphatic carbocycles. The number of benzene rings is 1. The van der Waals surface area contributed by atoms with E-state index >= 15 is 0 Å². The fraction of sp³-hybridized carbons (Fsp3) is 0.412. The molecule has 0 aliphatic heterocycles. The Bertz CT molecular complexity index is 545. The normalized spacial score (nSPS) is 12.7. The molecule has 0 bridgehead atoms. The first-order chi connectivity index (χ1) is 9.60. The Kier molecular flexibility index (Phi) is 5.21. The van der Waals surface area contributed by atoms with Crippen molar-refractivity contribution in [3.8, 4) is 0 Å². The summed E-state index contributed by atoms with van der Waals surface area (Å²) in [5, 5.41) is 3.65. The maximum Gasteiger partial charge on any atom is 0.0578 e. The third-order valence-electron chi connectivity index (χ3n) is 3.33. The number of hydrogen-bond acceptors (Lipinski definition) is 3. The lowest BCUT2D eigenvalue weighted by Crippen LogP contribution is -2.14. The molecule has 0 spiro atoms. The molecule has 2 nitrogen and oxygen atoms in total. The van der Waals surface area contributed by atoms with Gasteiger partial charge >= 0.3 is 0 Å². The van der Waals surface area contributed by atoms with Crippen molar-refractivity contribution in [2.75, 3.05) is 19.4 Å². The molecule has 1 aromatic heterocycles. The van der Waals surface area contributed by atoms with Gasteiger partial charge in [0.05, 0.1) is 6.04 Å². The lowest BCUT2D eigenvalue weighted by atomic mass is 10.1. The number of aryl methyl sites for hydroxylation is 1. The zero-order valence-electron chi connectivity index (χ0n) is 12.8. The predicted octanol–water partition coefficient (Wildman–Crippen LogP) is 4.55. The van der Waals surface area contributed by atoms with E-state index in [-0.39, 0.29) is 0 Å². The number of nitrogens with zero attached hydrogens (tertiary/aromatic N) is 1. The summed E-state index contributed by atoms with van der Waals surface area (Å²) in [7, 11) is 4.21. The van der Waals surface area contributed by atoms with Crippen LogP contribution in [0.25, 0.3) is 0 Å². The van der Waals surface area contributed by atoms with Gasteiger partial charge in [-0.3, -0.25) is 0 Å². The lowest BCUT2D eigenvalue weighted by Gasteiger charge is -2.19. The topological polar surface area (TPSA) is 15.3 Å². The van der Waals surface area contributed by atoms with E-state index in [2.05, 4.69) is 74.6 Å². The minimum Gasteiger partial charge on any atom is -0.377 e. The third-order valence-corrected chi connectivity index (χ3v) is 4.75. The van der Waals surface area contributed by atoms with Crippen LogP contribution in [0.3, 0.4) is 0 Å². The SMILES string of the molecule is CCc1ccc(C(C)Nc2ccccc2CN(C)C)s1. The molecule has 2 aromatic rings. The van der Waals surface area contributed by atoms with Gasteiger partial charge in [0.2, 0.25) is 0 Å². The highest BCUT2D eigenvalue weighted by atomic mass is 32.1. The van der Waals surface area contributed by atoms with Crippen molar-refractivity contribution in [1.82, 2.24) is 4.90 Å². The molecule has 108 valence electrons. The minimum absolute atomic E-state index is 0.351. The van der Waals surface area contributed by atoms with Gasteiger partial charge in [-0.05, 0) is 51.2 Å². The highest BCUT2D eigenvalue weighted by Crippen LogP contribution is 2.28. The van der Waals surface area contributed by atoms with Crippen molar-refractivity contribution in [1.29, 1.82) is 0 Å². The second kappa shape index (κ2) is 6.91. The van der Waals surface area contributed by atoms with Gasteiger partial charge in [-0.15, -0.1) is 11.3 Å². The van der Waals surface area contributed by atoms with Crippen molar-refractivity contribution in [2.24, 2.45) is 0 Å². The van der Waals surface area contributed by atoms with Gasteiger partial charge in [-0.25, -0.2) is 0 Å². The average Bonchev–Trinajstić information content (AvgIpc) is 2.89. The summed E-state index contributed by atoms with van der Waals surface area (Å²) in [5.74, 6) is 0. The van der Waals surface area contributed by atoms with E-state index in [9.17, 15) is 0 Å². The zero-order chi connectivity index (χ0) is 14.5. The summed E-state index contributed by atoms with van der Waals surface area (Å²) in [6.07, 6.45) is 1.12. The van der Waals surface area contributed by atoms with Crippen molar-refractivity contribution in [2.45, 2.75) is 32.9 Å². The predicted molar refractivity (Wildman–Crippen MR) is 89.6 cm³/mol. The Morgan fingerprint density at radius 1 is 1.15 bits per heavy atom. The maximum absolute atomic E-state index is 3.65. The van der Waals surface area contributed by atoms with E-state index in [1.54, 1.807) is 0 Å². The number of nitrogens with one attached hydrogen (secondary N) is 1. The summed E-state index contributed by atoms with van der Waals surface area (Å²) < 4.78 is 0.